The van der Waals surface area contributed by atoms with Crippen LogP contribution in [0.4, 0.5) is 4.79 Å². The number of amides is 1. The maximum absolute atomic E-state index is 11.9. The highest BCUT2D eigenvalue weighted by atomic mass is 16.6. The zero-order chi connectivity index (χ0) is 36.4. The first kappa shape index (κ1) is 45.6. The van der Waals surface area contributed by atoms with E-state index in [2.05, 4.69) is 0 Å². The minimum Gasteiger partial charge on any atom is -0.491 e. The van der Waals surface area contributed by atoms with E-state index < -0.39 is 5.60 Å². The van der Waals surface area contributed by atoms with Crippen LogP contribution < -0.4 is 4.74 Å². The van der Waals surface area contributed by atoms with Crippen LogP contribution in [0.5, 0.6) is 5.75 Å². The van der Waals surface area contributed by atoms with Crippen molar-refractivity contribution in [3.05, 3.63) is 29.8 Å². The molecule has 0 saturated carbocycles. The molecule has 0 fully saturated rings. The Bertz CT molecular complexity index is 916. The van der Waals surface area contributed by atoms with Crippen molar-refractivity contribution in [3.63, 3.8) is 0 Å². The van der Waals surface area contributed by atoms with Gasteiger partial charge in [0.1, 0.15) is 24.2 Å². The number of nitrogens with zero attached hydrogens (tertiary/aromatic N) is 1. The van der Waals surface area contributed by atoms with E-state index in [9.17, 15) is 9.59 Å². The topological polar surface area (TPSA) is 148 Å². The van der Waals surface area contributed by atoms with Crippen molar-refractivity contribution in [3.8, 4) is 5.75 Å². The number of likely N-dealkylation sites (N-methyl/N-ethyl adjacent to an activating group) is 1. The van der Waals surface area contributed by atoms with Gasteiger partial charge in [0.15, 0.2) is 0 Å². The van der Waals surface area contributed by atoms with E-state index in [4.69, 9.17) is 56.8 Å². The maximum atomic E-state index is 11.9. The van der Waals surface area contributed by atoms with Gasteiger partial charge in [-0.15, -0.1) is 0 Å². The van der Waals surface area contributed by atoms with Crippen molar-refractivity contribution in [2.45, 2.75) is 26.4 Å². The molecule has 0 radical (unpaired) electrons. The summed E-state index contributed by atoms with van der Waals surface area (Å²) in [7, 11) is 1.68. The maximum Gasteiger partial charge on any atom is 0.410 e. The summed E-state index contributed by atoms with van der Waals surface area (Å²) in [4.78, 5) is 24.0. The fourth-order valence-corrected chi connectivity index (χ4v) is 3.57. The van der Waals surface area contributed by atoms with Crippen molar-refractivity contribution in [1.29, 1.82) is 0 Å². The molecule has 0 spiro atoms. The third kappa shape index (κ3) is 30.4. The number of benzene rings is 1. The monoisotopic (exact) mass is 719 g/mol. The van der Waals surface area contributed by atoms with Gasteiger partial charge in [-0.2, -0.15) is 0 Å². The molecule has 1 aromatic carbocycles. The number of carbonyl (C=O) groups excluding carboxylic acids is 2. The normalized spacial score (nSPS) is 11.5. The average Bonchev–Trinajstić information content (AvgIpc) is 3.09. The van der Waals surface area contributed by atoms with Gasteiger partial charge in [-0.3, -0.25) is 4.79 Å². The summed E-state index contributed by atoms with van der Waals surface area (Å²) in [5.74, 6) is 0.700. The second-order valence-electron chi connectivity index (χ2n) is 11.6. The van der Waals surface area contributed by atoms with Gasteiger partial charge in [0.25, 0.3) is 0 Å². The molecule has 0 atom stereocenters. The zero-order valence-electron chi connectivity index (χ0n) is 30.6. The lowest BCUT2D eigenvalue weighted by Gasteiger charge is -2.24. The fraction of sp³-hybridized carbons (Fsp3) is 0.771. The summed E-state index contributed by atoms with van der Waals surface area (Å²) in [6.07, 6.45) is 0.428. The van der Waals surface area contributed by atoms with Crippen LogP contribution in [0.1, 0.15) is 31.1 Å². The van der Waals surface area contributed by atoms with Crippen molar-refractivity contribution in [2.24, 2.45) is 0 Å². The van der Waals surface area contributed by atoms with E-state index in [1.165, 1.54) is 4.90 Å². The first-order chi connectivity index (χ1) is 24.3. The van der Waals surface area contributed by atoms with Gasteiger partial charge < -0.3 is 61.7 Å². The molecule has 290 valence electrons. The highest BCUT2D eigenvalue weighted by Gasteiger charge is 2.19. The van der Waals surface area contributed by atoms with Gasteiger partial charge in [0.2, 0.25) is 0 Å². The van der Waals surface area contributed by atoms with Crippen LogP contribution in [0.2, 0.25) is 0 Å². The molecule has 15 heteroatoms. The Morgan fingerprint density at radius 3 is 1.12 bits per heavy atom. The van der Waals surface area contributed by atoms with E-state index in [1.807, 2.05) is 20.8 Å². The molecular formula is C35H61NO14. The van der Waals surface area contributed by atoms with Crippen LogP contribution >= 0.6 is 0 Å². The third-order valence-corrected chi connectivity index (χ3v) is 6.14. The minimum absolute atomic E-state index is 0.367. The van der Waals surface area contributed by atoms with Gasteiger partial charge in [-0.1, -0.05) is 0 Å². The lowest BCUT2D eigenvalue weighted by atomic mass is 10.2. The molecule has 0 N–H and O–H groups in total. The molecule has 0 aliphatic carbocycles. The molecule has 1 amide bonds. The molecule has 1 rings (SSSR count). The third-order valence-electron chi connectivity index (χ3n) is 6.14. The van der Waals surface area contributed by atoms with Crippen LogP contribution in [0.3, 0.4) is 0 Å². The minimum atomic E-state index is -0.513. The summed E-state index contributed by atoms with van der Waals surface area (Å²) in [6.45, 7) is 15.9. The fourth-order valence-electron chi connectivity index (χ4n) is 3.57. The van der Waals surface area contributed by atoms with E-state index in [0.29, 0.717) is 157 Å². The standard InChI is InChI=1S/C35H61NO14/c1-35(2,3)50-34(38)36(4)9-10-39-11-12-40-13-14-41-15-16-42-17-18-43-19-20-44-21-22-45-23-24-46-25-26-47-27-28-48-29-30-49-33-7-5-32(31-37)6-8-33/h5-8,31H,9-30H2,1-4H3. The number of ether oxygens (including phenoxy) is 12. The Balaban J connectivity index is 1.67. The molecule has 50 heavy (non-hydrogen) atoms. The van der Waals surface area contributed by atoms with E-state index in [-0.39, 0.29) is 6.09 Å². The largest absolute Gasteiger partial charge is 0.491 e. The van der Waals surface area contributed by atoms with E-state index in [1.54, 1.807) is 31.3 Å². The van der Waals surface area contributed by atoms with E-state index >= 15 is 0 Å². The quantitative estimate of drug-likeness (QED) is 0.0748. The molecule has 15 nitrogen and oxygen atoms in total. The molecule has 0 aliphatic rings. The van der Waals surface area contributed by atoms with Crippen LogP contribution in [-0.4, -0.2) is 175 Å². The summed E-state index contributed by atoms with van der Waals surface area (Å²) >= 11 is 0. The van der Waals surface area contributed by atoms with Gasteiger partial charge >= 0.3 is 6.09 Å². The van der Waals surface area contributed by atoms with Gasteiger partial charge in [0.05, 0.1) is 132 Å². The highest BCUT2D eigenvalue weighted by Crippen LogP contribution is 2.11. The molecule has 0 saturated heterocycles. The average molecular weight is 720 g/mol. The molecule has 0 aliphatic heterocycles. The Morgan fingerprint density at radius 2 is 0.820 bits per heavy atom. The second kappa shape index (κ2) is 32.5. The Labute approximate surface area is 297 Å². The molecule has 0 heterocycles. The number of hydrogen-bond donors (Lipinski definition) is 0. The van der Waals surface area contributed by atoms with Crippen LogP contribution in [0.25, 0.3) is 0 Å². The zero-order valence-corrected chi connectivity index (χ0v) is 30.6. The number of carbonyl (C=O) groups is 2. The molecule has 1 aromatic rings. The highest BCUT2D eigenvalue weighted by molar-refractivity contribution is 5.74. The lowest BCUT2D eigenvalue weighted by Crippen LogP contribution is -2.36. The Morgan fingerprint density at radius 1 is 0.520 bits per heavy atom. The second-order valence-corrected chi connectivity index (χ2v) is 11.6. The number of hydrogen-bond acceptors (Lipinski definition) is 14. The summed E-state index contributed by atoms with van der Waals surface area (Å²) in [6, 6.07) is 6.92. The van der Waals surface area contributed by atoms with Crippen LogP contribution in [0.15, 0.2) is 24.3 Å². The predicted molar refractivity (Wildman–Crippen MR) is 184 cm³/mol. The predicted octanol–water partition coefficient (Wildman–Crippen LogP) is 2.91. The van der Waals surface area contributed by atoms with Gasteiger partial charge in [-0.25, -0.2) is 4.79 Å². The van der Waals surface area contributed by atoms with Crippen LogP contribution in [-0.2, 0) is 52.1 Å². The van der Waals surface area contributed by atoms with E-state index in [0.717, 1.165) is 6.29 Å². The SMILES string of the molecule is CN(CCOCCOCCOCCOCCOCCOCCOCCOCCOCCOCCOc1ccc(C=O)cc1)C(=O)OC(C)(C)C. The van der Waals surface area contributed by atoms with Gasteiger partial charge in [0, 0.05) is 19.2 Å². The summed E-state index contributed by atoms with van der Waals surface area (Å²) in [5, 5.41) is 0. The van der Waals surface area contributed by atoms with Crippen molar-refractivity contribution < 1.29 is 66.4 Å². The first-order valence-electron chi connectivity index (χ1n) is 17.2. The first-order valence-corrected chi connectivity index (χ1v) is 17.2. The van der Waals surface area contributed by atoms with Crippen molar-refractivity contribution >= 4 is 12.4 Å². The molecule has 0 unspecified atom stereocenters. The lowest BCUT2D eigenvalue weighted by molar-refractivity contribution is -0.0269. The number of rotatable bonds is 35. The van der Waals surface area contributed by atoms with Crippen LogP contribution in [0, 0.1) is 0 Å². The summed E-state index contributed by atoms with van der Waals surface area (Å²) in [5.41, 5.74) is 0.101. The molecule has 0 aromatic heterocycles. The summed E-state index contributed by atoms with van der Waals surface area (Å²) < 4.78 is 65.6. The Kier molecular flexibility index (Phi) is 29.6. The number of aldehydes is 1. The Hall–Kier alpha value is -2.44. The van der Waals surface area contributed by atoms with Crippen molar-refractivity contribution in [2.75, 3.05) is 152 Å². The molecular weight excluding hydrogens is 658 g/mol. The van der Waals surface area contributed by atoms with Crippen molar-refractivity contribution in [1.82, 2.24) is 4.90 Å². The smallest absolute Gasteiger partial charge is 0.410 e. The van der Waals surface area contributed by atoms with Gasteiger partial charge in [-0.05, 0) is 45.0 Å². The molecule has 0 bridgehead atoms.